The largest absolute Gasteiger partial charge is 0.497 e. The Morgan fingerprint density at radius 1 is 1.80 bits per heavy atom. The van der Waals surface area contributed by atoms with Crippen LogP contribution < -0.4 is 11.1 Å². The van der Waals surface area contributed by atoms with Gasteiger partial charge in [-0.25, -0.2) is 0 Å². The molecule has 4 heteroatoms. The van der Waals surface area contributed by atoms with Crippen molar-refractivity contribution in [2.45, 2.75) is 5.50 Å². The summed E-state index contributed by atoms with van der Waals surface area (Å²) in [5.41, 5.74) is 5.17. The molecule has 1 aliphatic rings. The van der Waals surface area contributed by atoms with Crippen LogP contribution in [-0.4, -0.2) is 12.6 Å². The minimum absolute atomic E-state index is 0.264. The fourth-order valence-electron chi connectivity index (χ4n) is 0.715. The van der Waals surface area contributed by atoms with E-state index in [0.717, 1.165) is 0 Å². The maximum absolute atomic E-state index is 5.70. The zero-order valence-corrected chi connectivity index (χ0v) is 6.35. The lowest BCUT2D eigenvalue weighted by Gasteiger charge is -2.15. The first kappa shape index (κ1) is 7.28. The Bertz CT molecular complexity index is 188. The van der Waals surface area contributed by atoms with Crippen LogP contribution in [0.25, 0.3) is 0 Å². The monoisotopic (exact) mass is 160 g/mol. The maximum Gasteiger partial charge on any atom is 0.125 e. The van der Waals surface area contributed by atoms with Crippen molar-refractivity contribution in [2.24, 2.45) is 5.73 Å². The van der Waals surface area contributed by atoms with Crippen LogP contribution in [0.5, 0.6) is 0 Å². The van der Waals surface area contributed by atoms with Crippen molar-refractivity contribution in [2.75, 3.05) is 7.11 Å². The summed E-state index contributed by atoms with van der Waals surface area (Å²) in [5, 5.41) is 2.79. The third kappa shape index (κ3) is 1.57. The number of methoxy groups -OCH3 is 1. The Balaban J connectivity index is 2.72. The summed E-state index contributed by atoms with van der Waals surface area (Å²) in [6.07, 6.45) is 3.41. The van der Waals surface area contributed by atoms with E-state index in [-0.39, 0.29) is 5.50 Å². The number of nitrogens with one attached hydrogen (secondary N) is 1. The van der Waals surface area contributed by atoms with Gasteiger partial charge in [-0.15, -0.1) is 0 Å². The van der Waals surface area contributed by atoms with E-state index in [0.29, 0.717) is 11.6 Å². The normalized spacial score (nSPS) is 24.4. The maximum atomic E-state index is 5.70. The lowest BCUT2D eigenvalue weighted by atomic mass is 10.3. The fourth-order valence-corrected chi connectivity index (χ4v) is 0.965. The molecular weight excluding hydrogens is 152 g/mol. The second-order valence-electron chi connectivity index (χ2n) is 1.92. The molecule has 1 heterocycles. The summed E-state index contributed by atoms with van der Waals surface area (Å²) in [4.78, 5) is 0. The molecule has 56 valence electrons. The molecule has 0 spiro atoms. The number of hydrogen-bond donors (Lipinski definition) is 2. The smallest absolute Gasteiger partial charge is 0.125 e. The third-order valence-electron chi connectivity index (χ3n) is 1.15. The van der Waals surface area contributed by atoms with Gasteiger partial charge >= 0.3 is 0 Å². The lowest BCUT2D eigenvalue weighted by molar-refractivity contribution is 0.302. The lowest BCUT2D eigenvalue weighted by Crippen LogP contribution is -2.29. The van der Waals surface area contributed by atoms with Crippen molar-refractivity contribution >= 4 is 11.6 Å². The first-order chi connectivity index (χ1) is 4.72. The van der Waals surface area contributed by atoms with E-state index < -0.39 is 0 Å². The molecule has 0 saturated heterocycles. The van der Waals surface area contributed by atoms with Gasteiger partial charge in [0.1, 0.15) is 17.1 Å². The zero-order chi connectivity index (χ0) is 7.56. The first-order valence-corrected chi connectivity index (χ1v) is 3.29. The molecule has 0 aromatic heterocycles. The zero-order valence-electron chi connectivity index (χ0n) is 5.60. The van der Waals surface area contributed by atoms with Crippen molar-refractivity contribution in [3.8, 4) is 0 Å². The van der Waals surface area contributed by atoms with Gasteiger partial charge in [0.25, 0.3) is 0 Å². The van der Waals surface area contributed by atoms with Crippen LogP contribution in [0.3, 0.4) is 0 Å². The van der Waals surface area contributed by atoms with Crippen LogP contribution >= 0.6 is 11.6 Å². The molecule has 0 amide bonds. The van der Waals surface area contributed by atoms with Crippen molar-refractivity contribution in [3.63, 3.8) is 0 Å². The standard InChI is InChI=1S/C6H9ClN2O/c1-10-4-2-5(7)9-6(8)3-4/h2-3,5,9H,8H2,1H3. The minimum Gasteiger partial charge on any atom is -0.497 e. The SMILES string of the molecule is COC1=CC(Cl)NC(N)=C1. The van der Waals surface area contributed by atoms with Crippen molar-refractivity contribution in [1.82, 2.24) is 5.32 Å². The number of alkyl halides is 1. The van der Waals surface area contributed by atoms with Gasteiger partial charge in [0, 0.05) is 6.08 Å². The summed E-state index contributed by atoms with van der Waals surface area (Å²) < 4.78 is 4.91. The third-order valence-corrected chi connectivity index (χ3v) is 1.38. The molecule has 10 heavy (non-hydrogen) atoms. The molecule has 3 N–H and O–H groups in total. The molecule has 3 nitrogen and oxygen atoms in total. The van der Waals surface area contributed by atoms with Crippen LogP contribution in [0.15, 0.2) is 23.7 Å². The Morgan fingerprint density at radius 2 is 2.50 bits per heavy atom. The molecule has 1 aliphatic heterocycles. The van der Waals surface area contributed by atoms with E-state index >= 15 is 0 Å². The van der Waals surface area contributed by atoms with Gasteiger partial charge in [0.15, 0.2) is 0 Å². The Kier molecular flexibility index (Phi) is 2.06. The highest BCUT2D eigenvalue weighted by Crippen LogP contribution is 2.09. The molecular formula is C6H9ClN2O. The Hall–Kier alpha value is -0.830. The number of rotatable bonds is 1. The Labute approximate surface area is 64.5 Å². The summed E-state index contributed by atoms with van der Waals surface area (Å²) in [7, 11) is 1.57. The van der Waals surface area contributed by atoms with Gasteiger partial charge < -0.3 is 15.8 Å². The first-order valence-electron chi connectivity index (χ1n) is 2.86. The minimum atomic E-state index is -0.264. The molecule has 0 aliphatic carbocycles. The summed E-state index contributed by atoms with van der Waals surface area (Å²) in [5.74, 6) is 1.22. The van der Waals surface area contributed by atoms with Crippen LogP contribution in [0.4, 0.5) is 0 Å². The molecule has 0 saturated carbocycles. The predicted octanol–water partition coefficient (Wildman–Crippen LogP) is 0.485. The van der Waals surface area contributed by atoms with Crippen LogP contribution in [0, 0.1) is 0 Å². The highest BCUT2D eigenvalue weighted by Gasteiger charge is 2.08. The number of nitrogens with two attached hydrogens (primary N) is 1. The van der Waals surface area contributed by atoms with Gasteiger partial charge in [0.2, 0.25) is 0 Å². The summed E-state index contributed by atoms with van der Waals surface area (Å²) in [6.45, 7) is 0. The second kappa shape index (κ2) is 2.84. The second-order valence-corrected chi connectivity index (χ2v) is 2.39. The predicted molar refractivity (Wildman–Crippen MR) is 40.1 cm³/mol. The van der Waals surface area contributed by atoms with Gasteiger partial charge in [-0.05, 0) is 6.08 Å². The fraction of sp³-hybridized carbons (Fsp3) is 0.333. The van der Waals surface area contributed by atoms with E-state index in [2.05, 4.69) is 5.32 Å². The summed E-state index contributed by atoms with van der Waals surface area (Å²) >= 11 is 5.70. The van der Waals surface area contributed by atoms with Crippen LogP contribution in [0.1, 0.15) is 0 Å². The van der Waals surface area contributed by atoms with Gasteiger partial charge in [-0.3, -0.25) is 0 Å². The average molecular weight is 161 g/mol. The van der Waals surface area contributed by atoms with Gasteiger partial charge in [-0.1, -0.05) is 11.6 Å². The molecule has 0 bridgehead atoms. The molecule has 0 fully saturated rings. The molecule has 1 atom stereocenters. The average Bonchev–Trinajstić information content (AvgIpc) is 1.85. The molecule has 1 rings (SSSR count). The molecule has 0 aromatic carbocycles. The highest BCUT2D eigenvalue weighted by atomic mass is 35.5. The van der Waals surface area contributed by atoms with Crippen molar-refractivity contribution in [1.29, 1.82) is 0 Å². The number of dihydropyridines is 1. The van der Waals surface area contributed by atoms with E-state index in [1.807, 2.05) is 0 Å². The number of hydrogen-bond acceptors (Lipinski definition) is 3. The molecule has 1 unspecified atom stereocenters. The van der Waals surface area contributed by atoms with E-state index in [1.54, 1.807) is 19.3 Å². The van der Waals surface area contributed by atoms with E-state index in [4.69, 9.17) is 22.1 Å². The Morgan fingerprint density at radius 3 is 3.00 bits per heavy atom. The highest BCUT2D eigenvalue weighted by molar-refractivity contribution is 6.21. The molecule has 0 aromatic rings. The van der Waals surface area contributed by atoms with Gasteiger partial charge in [0.05, 0.1) is 7.11 Å². The van der Waals surface area contributed by atoms with Crippen molar-refractivity contribution < 1.29 is 4.74 Å². The van der Waals surface area contributed by atoms with Crippen LogP contribution in [-0.2, 0) is 4.74 Å². The summed E-state index contributed by atoms with van der Waals surface area (Å²) in [6, 6.07) is 0. The topological polar surface area (TPSA) is 47.3 Å². The quantitative estimate of drug-likeness (QED) is 0.434. The van der Waals surface area contributed by atoms with Gasteiger partial charge in [-0.2, -0.15) is 0 Å². The number of ether oxygens (including phenoxy) is 1. The number of allylic oxidation sites excluding steroid dienone is 1. The van der Waals surface area contributed by atoms with Crippen molar-refractivity contribution in [3.05, 3.63) is 23.7 Å². The van der Waals surface area contributed by atoms with Crippen LogP contribution in [0.2, 0.25) is 0 Å². The van der Waals surface area contributed by atoms with E-state index in [1.165, 1.54) is 0 Å². The number of halogens is 1. The van der Waals surface area contributed by atoms with E-state index in [9.17, 15) is 0 Å². The molecule has 0 radical (unpaired) electrons.